The number of hydrogen-bond donors (Lipinski definition) is 0. The number of aromatic nitrogens is 2. The van der Waals surface area contributed by atoms with Gasteiger partial charge in [-0.2, -0.15) is 9.38 Å². The van der Waals surface area contributed by atoms with E-state index < -0.39 is 21.0 Å². The molecular weight excluding hydrogens is 669 g/mol. The molecule has 1 aromatic heterocycles. The van der Waals surface area contributed by atoms with Gasteiger partial charge in [0.25, 0.3) is 10.0 Å². The van der Waals surface area contributed by atoms with E-state index in [-0.39, 0.29) is 45.0 Å². The molecule has 9 nitrogen and oxygen atoms in total. The third kappa shape index (κ3) is 7.41. The van der Waals surface area contributed by atoms with Crippen molar-refractivity contribution in [2.24, 2.45) is 27.1 Å². The molecule has 11 heteroatoms. The van der Waals surface area contributed by atoms with Crippen LogP contribution in [0.3, 0.4) is 0 Å². The first kappa shape index (κ1) is 36.6. The Balaban J connectivity index is 1.42. The van der Waals surface area contributed by atoms with E-state index in [0.717, 1.165) is 64.4 Å². The lowest BCUT2D eigenvalue weighted by molar-refractivity contribution is 0.000458. The summed E-state index contributed by atoms with van der Waals surface area (Å²) in [6.45, 7) is 16.8. The van der Waals surface area contributed by atoms with Crippen molar-refractivity contribution < 1.29 is 22.1 Å². The fourth-order valence-corrected chi connectivity index (χ4v) is 10.2. The average molecular weight is 721 g/mol. The lowest BCUT2D eigenvalue weighted by atomic mass is 9.47. The van der Waals surface area contributed by atoms with Crippen LogP contribution in [0.15, 0.2) is 57.8 Å². The molecule has 3 atom stereocenters. The summed E-state index contributed by atoms with van der Waals surface area (Å²) in [5, 5.41) is 0. The van der Waals surface area contributed by atoms with Gasteiger partial charge in [-0.15, -0.1) is 0 Å². The Bertz CT molecular complexity index is 1890. The van der Waals surface area contributed by atoms with Crippen molar-refractivity contribution >= 4 is 32.7 Å². The largest absolute Gasteiger partial charge is 0.477 e. The highest BCUT2D eigenvalue weighted by Gasteiger charge is 2.55. The molecular formula is C39H52N4O5S2. The maximum absolute atomic E-state index is 14.5. The van der Waals surface area contributed by atoms with Crippen molar-refractivity contribution in [3.8, 4) is 17.1 Å². The Morgan fingerprint density at radius 1 is 1.00 bits per heavy atom. The van der Waals surface area contributed by atoms with Gasteiger partial charge >= 0.3 is 0 Å². The molecule has 2 aliphatic carbocycles. The number of nitrogens with zero attached hydrogens (tertiary/aromatic N) is 4. The molecule has 2 aromatic carbocycles. The minimum Gasteiger partial charge on any atom is -0.477 e. The van der Waals surface area contributed by atoms with Crippen LogP contribution in [-0.2, 0) is 25.7 Å². The Kier molecular flexibility index (Phi) is 9.84. The molecule has 2 saturated carbocycles. The number of hydrogen-bond acceptors (Lipinski definition) is 7. The molecule has 50 heavy (non-hydrogen) atoms. The second-order valence-corrected chi connectivity index (χ2v) is 20.7. The van der Waals surface area contributed by atoms with Gasteiger partial charge in [-0.05, 0) is 118 Å². The summed E-state index contributed by atoms with van der Waals surface area (Å²) in [6, 6.07) is 15.3. The molecule has 2 heterocycles. The van der Waals surface area contributed by atoms with Crippen LogP contribution in [0.1, 0.15) is 96.3 Å². The van der Waals surface area contributed by atoms with Crippen LogP contribution in [0.25, 0.3) is 11.3 Å². The van der Waals surface area contributed by atoms with Gasteiger partial charge in [0.05, 0.1) is 21.9 Å². The van der Waals surface area contributed by atoms with E-state index in [4.69, 9.17) is 19.4 Å². The molecule has 3 aliphatic rings. The minimum absolute atomic E-state index is 0.00268. The topological polar surface area (TPSA) is 111 Å². The Morgan fingerprint density at radius 3 is 2.28 bits per heavy atom. The quantitative estimate of drug-likeness (QED) is 0.253. The summed E-state index contributed by atoms with van der Waals surface area (Å²) in [5.74, 6) is 0.834. The first-order chi connectivity index (χ1) is 23.4. The van der Waals surface area contributed by atoms with Gasteiger partial charge in [0.15, 0.2) is 0 Å². The van der Waals surface area contributed by atoms with Crippen molar-refractivity contribution in [1.29, 1.82) is 0 Å². The van der Waals surface area contributed by atoms with Crippen LogP contribution in [0, 0.1) is 36.5 Å². The molecule has 1 aliphatic heterocycles. The van der Waals surface area contributed by atoms with Gasteiger partial charge in [0.2, 0.25) is 11.8 Å². The molecule has 0 radical (unpaired) electrons. The van der Waals surface area contributed by atoms with E-state index >= 15 is 0 Å². The monoisotopic (exact) mass is 720 g/mol. The van der Waals surface area contributed by atoms with E-state index in [0.29, 0.717) is 24.1 Å². The molecule has 2 unspecified atom stereocenters. The number of ether oxygens (including phenoxy) is 2. The van der Waals surface area contributed by atoms with Crippen LogP contribution in [0.5, 0.6) is 5.88 Å². The van der Waals surface area contributed by atoms with Crippen molar-refractivity contribution in [3.63, 3.8) is 0 Å². The molecule has 1 spiro atoms. The Hall–Kier alpha value is -3.15. The fourth-order valence-electron chi connectivity index (χ4n) is 8.23. The van der Waals surface area contributed by atoms with Crippen LogP contribution in [0.4, 0.5) is 5.95 Å². The Labute approximate surface area is 301 Å². The molecule has 0 N–H and O–H groups in total. The van der Waals surface area contributed by atoms with E-state index in [1.54, 1.807) is 6.07 Å². The highest BCUT2D eigenvalue weighted by Crippen LogP contribution is 2.62. The lowest BCUT2D eigenvalue weighted by Crippen LogP contribution is -2.51. The highest BCUT2D eigenvalue weighted by atomic mass is 32.2. The van der Waals surface area contributed by atoms with Gasteiger partial charge in [-0.1, -0.05) is 51.1 Å². The standard InChI is InChI=1S/C39H52N4O5S2/c1-25-12-10-13-26(2)34(25)32-17-33-41-36(40-32)43(24-47-9)50(45,46)31-15-11-14-27(16-31)35(29(23-48-33)18-37(3,4)5)28-19-39(20-28)21-30(22-39)42-49(44)38(6,7)8/h10-17,28-29,35H,18-24H2,1-9H3/t28?,29-,35?,39?,49?/m1/s1. The van der Waals surface area contributed by atoms with Crippen molar-refractivity contribution in [2.45, 2.75) is 103 Å². The Morgan fingerprint density at radius 2 is 1.66 bits per heavy atom. The zero-order valence-corrected chi connectivity index (χ0v) is 32.6. The molecule has 270 valence electrons. The smallest absolute Gasteiger partial charge is 0.268 e. The van der Waals surface area contributed by atoms with E-state index in [2.05, 4.69) is 31.2 Å². The summed E-state index contributed by atoms with van der Waals surface area (Å²) >= 11 is 0. The maximum atomic E-state index is 14.5. The number of methoxy groups -OCH3 is 1. The van der Waals surface area contributed by atoms with Gasteiger partial charge in [-0.3, -0.25) is 0 Å². The third-order valence-electron chi connectivity index (χ3n) is 10.3. The van der Waals surface area contributed by atoms with Gasteiger partial charge in [0.1, 0.15) is 17.7 Å². The van der Waals surface area contributed by atoms with Crippen LogP contribution >= 0.6 is 0 Å². The zero-order valence-electron chi connectivity index (χ0n) is 30.9. The summed E-state index contributed by atoms with van der Waals surface area (Å²) in [5.41, 5.74) is 5.79. The average Bonchev–Trinajstić information content (AvgIpc) is 2.98. The molecule has 6 rings (SSSR count). The number of fused-ring (bicyclic) bond motifs is 4. The normalized spacial score (nSPS) is 25.4. The summed E-state index contributed by atoms with van der Waals surface area (Å²) < 4.78 is 59.2. The van der Waals surface area contributed by atoms with E-state index in [1.165, 1.54) is 7.11 Å². The predicted molar refractivity (Wildman–Crippen MR) is 200 cm³/mol. The molecule has 3 aromatic rings. The summed E-state index contributed by atoms with van der Waals surface area (Å²) in [7, 11) is -3.91. The van der Waals surface area contributed by atoms with Crippen molar-refractivity contribution in [2.75, 3.05) is 24.8 Å². The first-order valence-corrected chi connectivity index (χ1v) is 20.1. The third-order valence-corrected chi connectivity index (χ3v) is 13.5. The first-order valence-electron chi connectivity index (χ1n) is 17.6. The number of sulfonamides is 1. The maximum Gasteiger partial charge on any atom is 0.268 e. The van der Waals surface area contributed by atoms with Gasteiger partial charge in [0, 0.05) is 30.4 Å². The second-order valence-electron chi connectivity index (χ2n) is 16.9. The number of anilines is 1. The summed E-state index contributed by atoms with van der Waals surface area (Å²) in [4.78, 5) is 9.72. The van der Waals surface area contributed by atoms with Crippen molar-refractivity contribution in [3.05, 3.63) is 65.2 Å². The minimum atomic E-state index is -4.12. The second kappa shape index (κ2) is 13.4. The lowest BCUT2D eigenvalue weighted by Gasteiger charge is -2.58. The van der Waals surface area contributed by atoms with Crippen molar-refractivity contribution in [1.82, 2.24) is 9.97 Å². The number of rotatable bonds is 6. The number of aryl methyl sites for hydroxylation is 2. The fraction of sp³-hybridized carbons (Fsp3) is 0.564. The molecule has 0 saturated heterocycles. The highest BCUT2D eigenvalue weighted by molar-refractivity contribution is 7.92. The molecule has 4 bridgehead atoms. The van der Waals surface area contributed by atoms with E-state index in [9.17, 15) is 12.6 Å². The summed E-state index contributed by atoms with van der Waals surface area (Å²) in [6.07, 6.45) is 4.67. The van der Waals surface area contributed by atoms with E-state index in [1.807, 2.05) is 71.0 Å². The SMILES string of the molecule is COCN1c2nc(cc(-c3c(C)cccc3C)n2)OC[C@@H](CC(C)(C)C)C(C2CC3(CC(=NS(=O)C(C)(C)C)C3)C2)c2cccc(c2)S1(=O)=O. The van der Waals surface area contributed by atoms with Crippen LogP contribution in [-0.4, -0.2) is 53.5 Å². The number of benzene rings is 2. The zero-order chi connectivity index (χ0) is 36.2. The van der Waals surface area contributed by atoms with Crippen LogP contribution < -0.4 is 9.04 Å². The molecule has 0 amide bonds. The molecule has 2 fully saturated rings. The van der Waals surface area contributed by atoms with Gasteiger partial charge < -0.3 is 9.47 Å². The van der Waals surface area contributed by atoms with Crippen LogP contribution in [0.2, 0.25) is 0 Å². The van der Waals surface area contributed by atoms with Gasteiger partial charge in [-0.25, -0.2) is 21.9 Å². The predicted octanol–water partition coefficient (Wildman–Crippen LogP) is 8.18.